The maximum absolute atomic E-state index is 12.8. The molecule has 1 heterocycles. The van der Waals surface area contributed by atoms with Gasteiger partial charge < -0.3 is 30.7 Å². The molecule has 0 bridgehead atoms. The Kier molecular flexibility index (Phi) is 6.26. The average molecular weight is 383 g/mol. The van der Waals surface area contributed by atoms with Crippen LogP contribution in [0.3, 0.4) is 0 Å². The van der Waals surface area contributed by atoms with E-state index in [1.165, 1.54) is 0 Å². The van der Waals surface area contributed by atoms with Gasteiger partial charge in [-0.2, -0.15) is 0 Å². The Morgan fingerprint density at radius 3 is 2.37 bits per heavy atom. The molecule has 0 aliphatic carbocycles. The van der Waals surface area contributed by atoms with Crippen LogP contribution in [0.15, 0.2) is 36.5 Å². The highest BCUT2D eigenvalue weighted by Crippen LogP contribution is 2.30. The summed E-state index contributed by atoms with van der Waals surface area (Å²) in [7, 11) is 0. The van der Waals surface area contributed by atoms with Crippen molar-refractivity contribution in [3.05, 3.63) is 47.8 Å². The normalized spacial score (nSPS) is 11.6. The van der Waals surface area contributed by atoms with Crippen molar-refractivity contribution in [3.63, 3.8) is 0 Å². The van der Waals surface area contributed by atoms with Crippen LogP contribution in [0.25, 0.3) is 0 Å². The lowest BCUT2D eigenvalue weighted by Gasteiger charge is -2.19. The minimum atomic E-state index is -3.63. The first-order valence-electron chi connectivity index (χ1n) is 7.88. The van der Waals surface area contributed by atoms with E-state index < -0.39 is 30.1 Å². The van der Waals surface area contributed by atoms with Crippen LogP contribution in [0, 0.1) is 0 Å². The van der Waals surface area contributed by atoms with E-state index in [-0.39, 0.29) is 11.6 Å². The molecule has 0 radical (unpaired) electrons. The number of pyridine rings is 1. The third-order valence-electron chi connectivity index (χ3n) is 3.44. The lowest BCUT2D eigenvalue weighted by Crippen LogP contribution is -2.35. The number of halogens is 2. The summed E-state index contributed by atoms with van der Waals surface area (Å²) < 4.78 is 29.9. The number of nitrogens with one attached hydrogen (secondary N) is 2. The van der Waals surface area contributed by atoms with Crippen molar-refractivity contribution >= 4 is 17.4 Å². The summed E-state index contributed by atoms with van der Waals surface area (Å²) in [4.78, 5) is 15.7. The molecule has 0 fully saturated rings. The highest BCUT2D eigenvalue weighted by atomic mass is 19.3. The zero-order valence-corrected chi connectivity index (χ0v) is 14.5. The number of anilines is 2. The van der Waals surface area contributed by atoms with Gasteiger partial charge in [0.05, 0.1) is 6.20 Å². The number of aromatic nitrogens is 1. The van der Waals surface area contributed by atoms with Crippen molar-refractivity contribution in [3.8, 4) is 5.75 Å². The van der Waals surface area contributed by atoms with E-state index in [2.05, 4.69) is 20.4 Å². The molecule has 10 heteroatoms. The molecule has 8 nitrogen and oxygen atoms in total. The molecular formula is C17H19F2N3O5. The highest BCUT2D eigenvalue weighted by molar-refractivity contribution is 6.01. The van der Waals surface area contributed by atoms with Crippen molar-refractivity contribution in [2.75, 3.05) is 10.6 Å². The van der Waals surface area contributed by atoms with Gasteiger partial charge in [0, 0.05) is 11.8 Å². The summed E-state index contributed by atoms with van der Waals surface area (Å²) >= 11 is 0. The lowest BCUT2D eigenvalue weighted by molar-refractivity contribution is -0.419. The number of carbonyl (C=O) groups is 1. The summed E-state index contributed by atoms with van der Waals surface area (Å²) in [5.41, 5.74) is 0.395. The molecule has 2 amide bonds. The van der Waals surface area contributed by atoms with Crippen molar-refractivity contribution in [2.24, 2.45) is 0 Å². The minimum Gasteiger partial charge on any atom is -0.414 e. The van der Waals surface area contributed by atoms with E-state index in [4.69, 9.17) is 15.3 Å². The summed E-state index contributed by atoms with van der Waals surface area (Å²) in [5, 5.41) is 31.7. The fourth-order valence-electron chi connectivity index (χ4n) is 2.29. The van der Waals surface area contributed by atoms with E-state index in [0.717, 1.165) is 11.8 Å². The molecular weight excluding hydrogens is 364 g/mol. The number of rotatable bonds is 6. The second kappa shape index (κ2) is 8.25. The van der Waals surface area contributed by atoms with Gasteiger partial charge in [0.1, 0.15) is 11.4 Å². The van der Waals surface area contributed by atoms with E-state index in [9.17, 15) is 13.6 Å². The molecule has 1 aromatic heterocycles. The van der Waals surface area contributed by atoms with Gasteiger partial charge in [-0.05, 0) is 17.5 Å². The Morgan fingerprint density at radius 1 is 1.15 bits per heavy atom. The van der Waals surface area contributed by atoms with Gasteiger partial charge in [0.2, 0.25) is 0 Å². The molecule has 0 unspecified atom stereocenters. The quantitative estimate of drug-likeness (QED) is 0.489. The fourth-order valence-corrected chi connectivity index (χ4v) is 2.29. The zero-order valence-electron chi connectivity index (χ0n) is 14.5. The first kappa shape index (κ1) is 20.5. The van der Waals surface area contributed by atoms with Crippen LogP contribution in [0.2, 0.25) is 0 Å². The van der Waals surface area contributed by atoms with E-state index in [0.29, 0.717) is 11.8 Å². The zero-order chi connectivity index (χ0) is 20.2. The third-order valence-corrected chi connectivity index (χ3v) is 3.44. The summed E-state index contributed by atoms with van der Waals surface area (Å²) in [6, 6.07) is 6.99. The SMILES string of the molecule is CC(C)c1ccccc1NC(=O)Nc1cnc(C(F)F)cc1OC(O)(O)O. The Morgan fingerprint density at radius 2 is 1.78 bits per heavy atom. The maximum Gasteiger partial charge on any atom is 0.453 e. The number of hydrogen-bond acceptors (Lipinski definition) is 6. The van der Waals surface area contributed by atoms with Crippen LogP contribution in [-0.2, 0) is 0 Å². The fraction of sp³-hybridized carbons (Fsp3) is 0.294. The molecule has 0 spiro atoms. The third kappa shape index (κ3) is 5.84. The maximum atomic E-state index is 12.8. The monoisotopic (exact) mass is 383 g/mol. The molecule has 0 aliphatic heterocycles. The second-order valence-corrected chi connectivity index (χ2v) is 5.90. The predicted molar refractivity (Wildman–Crippen MR) is 92.4 cm³/mol. The number of aliphatic hydroxyl groups is 3. The molecule has 0 atom stereocenters. The molecule has 0 saturated carbocycles. The number of ether oxygens (including phenoxy) is 1. The lowest BCUT2D eigenvalue weighted by atomic mass is 10.0. The molecule has 2 aromatic rings. The molecule has 5 N–H and O–H groups in total. The highest BCUT2D eigenvalue weighted by Gasteiger charge is 2.25. The second-order valence-electron chi connectivity index (χ2n) is 5.90. The molecule has 146 valence electrons. The van der Waals surface area contributed by atoms with Crippen LogP contribution in [0.5, 0.6) is 5.75 Å². The number of benzene rings is 1. The molecule has 0 saturated heterocycles. The Labute approximate surface area is 153 Å². The standard InChI is InChI=1S/C17H19F2N3O5/c1-9(2)10-5-3-4-6-11(10)21-16(23)22-13-8-20-12(15(18)19)7-14(13)27-17(24,25)26/h3-9,15,24-26H,1-2H3,(H2,21,22,23). The number of urea groups is 1. The number of amides is 2. The average Bonchev–Trinajstić information content (AvgIpc) is 2.55. The number of alkyl halides is 2. The Hall–Kier alpha value is -2.82. The Balaban J connectivity index is 2.24. The van der Waals surface area contributed by atoms with Crippen molar-refractivity contribution in [1.82, 2.24) is 4.98 Å². The van der Waals surface area contributed by atoms with E-state index in [1.54, 1.807) is 12.1 Å². The van der Waals surface area contributed by atoms with E-state index >= 15 is 0 Å². The molecule has 1 aromatic carbocycles. The van der Waals surface area contributed by atoms with Crippen molar-refractivity contribution < 1.29 is 33.6 Å². The van der Waals surface area contributed by atoms with Crippen LogP contribution in [0.4, 0.5) is 25.0 Å². The van der Waals surface area contributed by atoms with E-state index in [1.807, 2.05) is 26.0 Å². The summed E-state index contributed by atoms with van der Waals surface area (Å²) in [6.07, 6.45) is -5.76. The molecule has 0 aliphatic rings. The number of hydrogen-bond donors (Lipinski definition) is 5. The van der Waals surface area contributed by atoms with Crippen LogP contribution < -0.4 is 15.4 Å². The number of para-hydroxylation sites is 1. The first-order chi connectivity index (χ1) is 12.6. The van der Waals surface area contributed by atoms with Crippen LogP contribution in [-0.4, -0.2) is 32.5 Å². The van der Waals surface area contributed by atoms with Gasteiger partial charge in [-0.1, -0.05) is 32.0 Å². The molecule has 27 heavy (non-hydrogen) atoms. The first-order valence-corrected chi connectivity index (χ1v) is 7.88. The number of carbonyl (C=O) groups excluding carboxylic acids is 1. The van der Waals surface area contributed by atoms with Crippen LogP contribution >= 0.6 is 0 Å². The van der Waals surface area contributed by atoms with Gasteiger partial charge in [0.25, 0.3) is 6.43 Å². The van der Waals surface area contributed by atoms with Crippen molar-refractivity contribution in [1.29, 1.82) is 0 Å². The van der Waals surface area contributed by atoms with Crippen molar-refractivity contribution in [2.45, 2.75) is 32.4 Å². The van der Waals surface area contributed by atoms with Gasteiger partial charge in [-0.3, -0.25) is 4.98 Å². The minimum absolute atomic E-state index is 0.131. The van der Waals surface area contributed by atoms with Gasteiger partial charge >= 0.3 is 12.2 Å². The number of nitrogens with zero attached hydrogens (tertiary/aromatic N) is 1. The van der Waals surface area contributed by atoms with Gasteiger partial charge in [-0.25, -0.2) is 13.6 Å². The smallest absolute Gasteiger partial charge is 0.414 e. The van der Waals surface area contributed by atoms with Gasteiger partial charge in [-0.15, -0.1) is 0 Å². The van der Waals surface area contributed by atoms with Gasteiger partial charge in [0.15, 0.2) is 5.75 Å². The largest absolute Gasteiger partial charge is 0.453 e. The predicted octanol–water partition coefficient (Wildman–Crippen LogP) is 2.75. The molecule has 2 rings (SSSR count). The summed E-state index contributed by atoms with van der Waals surface area (Å²) in [6.45, 7) is 3.89. The van der Waals surface area contributed by atoms with Crippen LogP contribution in [0.1, 0.15) is 37.4 Å². The summed E-state index contributed by atoms with van der Waals surface area (Å²) in [5.74, 6) is -0.480. The Bertz CT molecular complexity index is 809. The topological polar surface area (TPSA) is 124 Å².